The molecule has 2 atom stereocenters. The molecule has 0 saturated carbocycles. The lowest BCUT2D eigenvalue weighted by Crippen LogP contribution is -1.80. The zero-order valence-electron chi connectivity index (χ0n) is 2.73. The van der Waals surface area contributed by atoms with Crippen molar-refractivity contribution in [1.82, 2.24) is 0 Å². The molecule has 0 nitrogen and oxygen atoms in total. The van der Waals surface area contributed by atoms with Crippen LogP contribution in [-0.4, -0.2) is 13.4 Å². The van der Waals surface area contributed by atoms with Crippen molar-refractivity contribution >= 4 is 17.1 Å². The van der Waals surface area contributed by atoms with Crippen LogP contribution >= 0.6 is 9.24 Å². The largest absolute Gasteiger partial charge is 0.144 e. The van der Waals surface area contributed by atoms with Gasteiger partial charge in [0.2, 0.25) is 0 Å². The Morgan fingerprint density at radius 2 is 2.00 bits per heavy atom. The van der Waals surface area contributed by atoms with Gasteiger partial charge < -0.3 is 0 Å². The molecule has 0 rings (SSSR count). The first-order valence-electron chi connectivity index (χ1n) is 1.24. The second kappa shape index (κ2) is 1.78. The van der Waals surface area contributed by atoms with E-state index < -0.39 is 0 Å². The predicted octanol–water partition coefficient (Wildman–Crippen LogP) is 0.376. The Labute approximate surface area is 30.6 Å². The molecule has 0 bridgehead atoms. The molecule has 0 N–H and O–H groups in total. The van der Waals surface area contributed by atoms with Crippen LogP contribution in [0.1, 0.15) is 6.92 Å². The lowest BCUT2D eigenvalue weighted by Gasteiger charge is -1.79. The molecule has 22 valence electrons. The van der Waals surface area contributed by atoms with Crippen LogP contribution in [0.15, 0.2) is 0 Å². The highest BCUT2D eigenvalue weighted by Crippen LogP contribution is 1.85. The van der Waals surface area contributed by atoms with Gasteiger partial charge >= 0.3 is 0 Å². The average Bonchev–Trinajstić information content (AvgIpc) is 0.811. The maximum absolute atomic E-state index is 5.07. The summed E-state index contributed by atoms with van der Waals surface area (Å²) in [4.78, 5) is 0. The Morgan fingerprint density at radius 3 is 2.00 bits per heavy atom. The van der Waals surface area contributed by atoms with Crippen LogP contribution in [0, 0.1) is 0 Å². The summed E-state index contributed by atoms with van der Waals surface area (Å²) in [5.74, 6) is 0. The Morgan fingerprint density at radius 1 is 2.00 bits per heavy atom. The average molecular weight is 71.9 g/mol. The third-order valence-corrected chi connectivity index (χ3v) is 0. The number of hydrogen-bond acceptors (Lipinski definition) is 0. The van der Waals surface area contributed by atoms with Gasteiger partial charge in [0.25, 0.3) is 0 Å². The lowest BCUT2D eigenvalue weighted by atomic mass is 10.1. The van der Waals surface area contributed by atoms with Gasteiger partial charge in [-0.2, -0.15) is 0 Å². The van der Waals surface area contributed by atoms with Gasteiger partial charge in [-0.3, -0.25) is 0 Å². The highest BCUT2D eigenvalue weighted by Gasteiger charge is 1.68. The molecule has 0 aliphatic rings. The van der Waals surface area contributed by atoms with Crippen LogP contribution in [0.3, 0.4) is 0 Å². The van der Waals surface area contributed by atoms with Crippen LogP contribution in [0.2, 0.25) is 0 Å². The number of hydrogen-bond donors (Lipinski definition) is 0. The second-order valence-corrected chi connectivity index (χ2v) is 1.91. The molecule has 0 aromatic rings. The van der Waals surface area contributed by atoms with Gasteiger partial charge in [-0.15, -0.1) is 9.24 Å². The highest BCUT2D eigenvalue weighted by atomic mass is 31.0. The fourth-order valence-electron chi connectivity index (χ4n) is 0. The maximum Gasteiger partial charge on any atom is 0.0752 e. The molecule has 0 aliphatic carbocycles. The SMILES string of the molecule is [B]C(C)P. The molecule has 2 unspecified atom stereocenters. The fourth-order valence-corrected chi connectivity index (χ4v) is 0. The molecule has 4 heavy (non-hydrogen) atoms. The minimum absolute atomic E-state index is 0.250. The second-order valence-electron chi connectivity index (χ2n) is 0.859. The molecule has 0 saturated heterocycles. The van der Waals surface area contributed by atoms with E-state index in [0.29, 0.717) is 0 Å². The van der Waals surface area contributed by atoms with Gasteiger partial charge in [-0.1, -0.05) is 12.5 Å². The summed E-state index contributed by atoms with van der Waals surface area (Å²) in [6, 6.07) is 0. The summed E-state index contributed by atoms with van der Waals surface area (Å²) >= 11 is 0. The molecule has 0 aromatic heterocycles. The van der Waals surface area contributed by atoms with Gasteiger partial charge in [-0.05, 0) is 0 Å². The highest BCUT2D eigenvalue weighted by molar-refractivity contribution is 7.20. The van der Waals surface area contributed by atoms with Crippen LogP contribution in [0.4, 0.5) is 0 Å². The normalized spacial score (nSPS) is 15.5. The Hall–Kier alpha value is 0.495. The molecule has 0 fully saturated rings. The molecule has 0 aromatic carbocycles. The Balaban J connectivity index is 2.32. The summed E-state index contributed by atoms with van der Waals surface area (Å²) in [5, 5.41) is 0. The molecule has 2 heteroatoms. The van der Waals surface area contributed by atoms with Crippen molar-refractivity contribution in [3.05, 3.63) is 0 Å². The van der Waals surface area contributed by atoms with Crippen molar-refractivity contribution in [2.24, 2.45) is 0 Å². The van der Waals surface area contributed by atoms with Crippen LogP contribution in [0.5, 0.6) is 0 Å². The van der Waals surface area contributed by atoms with E-state index in [0.717, 1.165) is 0 Å². The van der Waals surface area contributed by atoms with E-state index >= 15 is 0 Å². The van der Waals surface area contributed by atoms with Crippen molar-refractivity contribution in [1.29, 1.82) is 0 Å². The Bertz CT molecular complexity index is 10.8. The summed E-state index contributed by atoms with van der Waals surface area (Å²) in [6.07, 6.45) is 0. The van der Waals surface area contributed by atoms with Crippen molar-refractivity contribution < 1.29 is 0 Å². The quantitative estimate of drug-likeness (QED) is 0.286. The van der Waals surface area contributed by atoms with E-state index in [1.165, 1.54) is 0 Å². The van der Waals surface area contributed by atoms with Gasteiger partial charge in [0.05, 0.1) is 7.85 Å². The molecular weight excluding hydrogens is 65.8 g/mol. The van der Waals surface area contributed by atoms with E-state index in [9.17, 15) is 0 Å². The van der Waals surface area contributed by atoms with E-state index in [1.807, 2.05) is 6.92 Å². The first-order chi connectivity index (χ1) is 1.73. The molecule has 0 amide bonds. The zero-order valence-corrected chi connectivity index (χ0v) is 3.89. The summed E-state index contributed by atoms with van der Waals surface area (Å²) in [5.41, 5.74) is 0.250. The third-order valence-electron chi connectivity index (χ3n) is 0. The summed E-state index contributed by atoms with van der Waals surface area (Å²) < 4.78 is 0. The number of rotatable bonds is 0. The van der Waals surface area contributed by atoms with Crippen molar-refractivity contribution in [3.8, 4) is 0 Å². The predicted molar refractivity (Wildman–Crippen MR) is 24.9 cm³/mol. The monoisotopic (exact) mass is 72.0 g/mol. The molecule has 2 radical (unpaired) electrons. The standard InChI is InChI=1S/C2H6BP/c1-2(3)4/h2H,4H2,1H3. The summed E-state index contributed by atoms with van der Waals surface area (Å²) in [7, 11) is 7.51. The smallest absolute Gasteiger partial charge is 0.0752 e. The molecule has 0 spiro atoms. The minimum atomic E-state index is 0.250. The van der Waals surface area contributed by atoms with E-state index in [-0.39, 0.29) is 5.56 Å². The summed E-state index contributed by atoms with van der Waals surface area (Å²) in [6.45, 7) is 1.91. The van der Waals surface area contributed by atoms with E-state index in [4.69, 9.17) is 7.85 Å². The Kier molecular flexibility index (Phi) is 2.00. The van der Waals surface area contributed by atoms with Crippen molar-refractivity contribution in [3.63, 3.8) is 0 Å². The van der Waals surface area contributed by atoms with Crippen LogP contribution in [-0.2, 0) is 0 Å². The lowest BCUT2D eigenvalue weighted by molar-refractivity contribution is 1.41. The van der Waals surface area contributed by atoms with Gasteiger partial charge in [0.15, 0.2) is 0 Å². The van der Waals surface area contributed by atoms with E-state index in [1.54, 1.807) is 0 Å². The van der Waals surface area contributed by atoms with Crippen LogP contribution < -0.4 is 0 Å². The third kappa shape index (κ3) is 22.8. The molecule has 0 aliphatic heterocycles. The maximum atomic E-state index is 5.07. The van der Waals surface area contributed by atoms with Gasteiger partial charge in [-0.25, -0.2) is 0 Å². The van der Waals surface area contributed by atoms with Crippen molar-refractivity contribution in [2.75, 3.05) is 0 Å². The molecule has 0 heterocycles. The van der Waals surface area contributed by atoms with E-state index in [2.05, 4.69) is 9.24 Å². The fraction of sp³-hybridized carbons (Fsp3) is 1.00. The van der Waals surface area contributed by atoms with Crippen LogP contribution in [0.25, 0.3) is 0 Å². The van der Waals surface area contributed by atoms with Gasteiger partial charge in [0.1, 0.15) is 0 Å². The first-order valence-corrected chi connectivity index (χ1v) is 1.91. The zero-order chi connectivity index (χ0) is 3.58. The topological polar surface area (TPSA) is 0 Å². The first kappa shape index (κ1) is 4.49. The van der Waals surface area contributed by atoms with Crippen molar-refractivity contribution in [2.45, 2.75) is 12.5 Å². The van der Waals surface area contributed by atoms with Gasteiger partial charge in [0, 0.05) is 0 Å². The minimum Gasteiger partial charge on any atom is -0.144 e. The molecular formula is C2H6BP.